The molecule has 0 fully saturated rings. The quantitative estimate of drug-likeness (QED) is 0.581. The molecule has 0 aliphatic rings. The number of para-hydroxylation sites is 1. The molecule has 0 bridgehead atoms. The molecule has 0 saturated heterocycles. The molecule has 0 saturated carbocycles. The Morgan fingerprint density at radius 2 is 1.75 bits per heavy atom. The number of esters is 1. The Balaban J connectivity index is 1.53. The summed E-state index contributed by atoms with van der Waals surface area (Å²) in [4.78, 5) is 24.5. The smallest absolute Gasteiger partial charge is 0.340 e. The molecule has 3 aromatic rings. The molecule has 2 aromatic carbocycles. The van der Waals surface area contributed by atoms with Gasteiger partial charge >= 0.3 is 5.97 Å². The van der Waals surface area contributed by atoms with Gasteiger partial charge in [0, 0.05) is 5.69 Å². The Morgan fingerprint density at radius 1 is 1.00 bits per heavy atom. The maximum Gasteiger partial charge on any atom is 0.340 e. The van der Waals surface area contributed by atoms with E-state index in [0.29, 0.717) is 17.8 Å². The fourth-order valence-corrected chi connectivity index (χ4v) is 2.73. The van der Waals surface area contributed by atoms with Crippen LogP contribution in [0.1, 0.15) is 34.6 Å². The van der Waals surface area contributed by atoms with Crippen LogP contribution in [0, 0.1) is 0 Å². The number of amides is 1. The van der Waals surface area contributed by atoms with Crippen LogP contribution in [0.25, 0.3) is 0 Å². The maximum atomic E-state index is 12.4. The van der Waals surface area contributed by atoms with Crippen molar-refractivity contribution in [2.24, 2.45) is 0 Å². The van der Waals surface area contributed by atoms with Gasteiger partial charge in [-0.3, -0.25) is 4.79 Å². The molecule has 6 heteroatoms. The summed E-state index contributed by atoms with van der Waals surface area (Å²) < 4.78 is 10.5. The second-order valence-corrected chi connectivity index (χ2v) is 6.25. The van der Waals surface area contributed by atoms with E-state index in [1.807, 2.05) is 49.4 Å². The highest BCUT2D eigenvalue weighted by atomic mass is 16.5. The number of carbonyl (C=O) groups excluding carboxylic acids is 2. The highest BCUT2D eigenvalue weighted by molar-refractivity contribution is 5.96. The molecule has 1 heterocycles. The first-order chi connectivity index (χ1) is 13.6. The first-order valence-corrected chi connectivity index (χ1v) is 9.00. The summed E-state index contributed by atoms with van der Waals surface area (Å²) in [6.45, 7) is 1.97. The monoisotopic (exact) mass is 378 g/mol. The molecule has 0 aliphatic carbocycles. The molecule has 0 spiro atoms. The summed E-state index contributed by atoms with van der Waals surface area (Å²) in [7, 11) is 0. The molecule has 2 N–H and O–H groups in total. The Labute approximate surface area is 163 Å². The van der Waals surface area contributed by atoms with Gasteiger partial charge in [-0.2, -0.15) is 0 Å². The van der Waals surface area contributed by atoms with E-state index < -0.39 is 5.97 Å². The van der Waals surface area contributed by atoms with Crippen LogP contribution in [0.2, 0.25) is 0 Å². The number of hydrogen-bond donors (Lipinski definition) is 2. The summed E-state index contributed by atoms with van der Waals surface area (Å²) in [5.41, 5.74) is 1.95. The zero-order valence-corrected chi connectivity index (χ0v) is 15.6. The van der Waals surface area contributed by atoms with E-state index in [1.54, 1.807) is 30.5 Å². The molecule has 0 unspecified atom stereocenters. The van der Waals surface area contributed by atoms with Crippen LogP contribution in [0.4, 0.5) is 5.69 Å². The van der Waals surface area contributed by atoms with Crippen LogP contribution >= 0.6 is 0 Å². The first-order valence-electron chi connectivity index (χ1n) is 9.00. The van der Waals surface area contributed by atoms with Crippen LogP contribution in [-0.2, 0) is 16.1 Å². The van der Waals surface area contributed by atoms with E-state index >= 15 is 0 Å². The molecule has 6 nitrogen and oxygen atoms in total. The Bertz CT molecular complexity index is 907. The number of furan rings is 1. The van der Waals surface area contributed by atoms with E-state index in [4.69, 9.17) is 9.15 Å². The van der Waals surface area contributed by atoms with Gasteiger partial charge in [-0.1, -0.05) is 42.5 Å². The van der Waals surface area contributed by atoms with Gasteiger partial charge in [0.05, 0.1) is 24.4 Å². The van der Waals surface area contributed by atoms with Gasteiger partial charge < -0.3 is 19.8 Å². The third kappa shape index (κ3) is 5.23. The zero-order chi connectivity index (χ0) is 19.8. The van der Waals surface area contributed by atoms with E-state index in [2.05, 4.69) is 10.6 Å². The van der Waals surface area contributed by atoms with Crippen molar-refractivity contribution < 1.29 is 18.7 Å². The summed E-state index contributed by atoms with van der Waals surface area (Å²) >= 11 is 0. The molecule has 0 radical (unpaired) electrons. The maximum absolute atomic E-state index is 12.4. The number of rotatable bonds is 8. The minimum absolute atomic E-state index is 0.172. The number of nitrogens with one attached hydrogen (secondary N) is 2. The Hall–Kier alpha value is -3.54. The number of benzene rings is 2. The van der Waals surface area contributed by atoms with Crippen LogP contribution in [0.3, 0.4) is 0 Å². The number of ether oxygens (including phenoxy) is 1. The lowest BCUT2D eigenvalue weighted by Crippen LogP contribution is -2.31. The van der Waals surface area contributed by atoms with Crippen molar-refractivity contribution in [3.8, 4) is 0 Å². The molecular weight excluding hydrogens is 356 g/mol. The predicted octanol–water partition coefficient (Wildman–Crippen LogP) is 3.93. The lowest BCUT2D eigenvalue weighted by atomic mass is 10.1. The SMILES string of the molecule is C[C@@H](NC(=O)COC(=O)c1ccccc1NCc1ccco1)c1ccccc1. The lowest BCUT2D eigenvalue weighted by molar-refractivity contribution is -0.124. The minimum atomic E-state index is -0.565. The average Bonchev–Trinajstić information content (AvgIpc) is 3.25. The highest BCUT2D eigenvalue weighted by Crippen LogP contribution is 2.18. The summed E-state index contributed by atoms with van der Waals surface area (Å²) in [6.07, 6.45) is 1.59. The van der Waals surface area contributed by atoms with Gasteiger partial charge in [0.1, 0.15) is 5.76 Å². The third-order valence-electron chi connectivity index (χ3n) is 4.19. The standard InChI is InChI=1S/C22H22N2O4/c1-16(17-8-3-2-4-9-17)24-21(25)15-28-22(26)19-11-5-6-12-20(19)23-14-18-10-7-13-27-18/h2-13,16,23H,14-15H2,1H3,(H,24,25)/t16-/m1/s1. The van der Waals surface area contributed by atoms with E-state index in [1.165, 1.54) is 0 Å². The zero-order valence-electron chi connectivity index (χ0n) is 15.6. The summed E-state index contributed by atoms with van der Waals surface area (Å²) in [5, 5.41) is 5.96. The third-order valence-corrected chi connectivity index (χ3v) is 4.19. The van der Waals surface area contributed by atoms with Crippen LogP contribution in [-0.4, -0.2) is 18.5 Å². The number of hydrogen-bond acceptors (Lipinski definition) is 5. The lowest BCUT2D eigenvalue weighted by Gasteiger charge is -2.15. The normalized spacial score (nSPS) is 11.5. The molecule has 3 rings (SSSR count). The molecule has 144 valence electrons. The summed E-state index contributed by atoms with van der Waals surface area (Å²) in [6, 6.07) is 20.0. The van der Waals surface area contributed by atoms with Gasteiger partial charge in [0.15, 0.2) is 6.61 Å². The Kier molecular flexibility index (Phi) is 6.46. The predicted molar refractivity (Wildman–Crippen MR) is 106 cm³/mol. The highest BCUT2D eigenvalue weighted by Gasteiger charge is 2.16. The topological polar surface area (TPSA) is 80.6 Å². The van der Waals surface area contributed by atoms with Crippen molar-refractivity contribution >= 4 is 17.6 Å². The van der Waals surface area contributed by atoms with E-state index in [-0.39, 0.29) is 18.6 Å². The van der Waals surface area contributed by atoms with Gasteiger partial charge in [-0.05, 0) is 36.8 Å². The molecule has 0 aliphatic heterocycles. The minimum Gasteiger partial charge on any atom is -0.467 e. The van der Waals surface area contributed by atoms with Crippen molar-refractivity contribution in [1.29, 1.82) is 0 Å². The van der Waals surface area contributed by atoms with Gasteiger partial charge in [0.2, 0.25) is 0 Å². The van der Waals surface area contributed by atoms with Crippen LogP contribution in [0.5, 0.6) is 0 Å². The molecule has 1 amide bonds. The Morgan fingerprint density at radius 3 is 2.50 bits per heavy atom. The van der Waals surface area contributed by atoms with Crippen molar-refractivity contribution in [3.05, 3.63) is 89.9 Å². The second-order valence-electron chi connectivity index (χ2n) is 6.25. The van der Waals surface area contributed by atoms with Crippen molar-refractivity contribution in [2.75, 3.05) is 11.9 Å². The fourth-order valence-electron chi connectivity index (χ4n) is 2.73. The van der Waals surface area contributed by atoms with Gasteiger partial charge in [-0.15, -0.1) is 0 Å². The average molecular weight is 378 g/mol. The van der Waals surface area contributed by atoms with Crippen molar-refractivity contribution in [3.63, 3.8) is 0 Å². The summed E-state index contributed by atoms with van der Waals surface area (Å²) in [5.74, 6) is -0.173. The van der Waals surface area contributed by atoms with E-state index in [9.17, 15) is 9.59 Å². The molecule has 1 atom stereocenters. The van der Waals surface area contributed by atoms with E-state index in [0.717, 1.165) is 11.3 Å². The van der Waals surface area contributed by atoms with Crippen molar-refractivity contribution in [1.82, 2.24) is 5.32 Å². The fraction of sp³-hybridized carbons (Fsp3) is 0.182. The number of anilines is 1. The van der Waals surface area contributed by atoms with Gasteiger partial charge in [-0.25, -0.2) is 4.79 Å². The molecule has 1 aromatic heterocycles. The largest absolute Gasteiger partial charge is 0.467 e. The van der Waals surface area contributed by atoms with Crippen LogP contribution in [0.15, 0.2) is 77.4 Å². The first kappa shape index (κ1) is 19.2. The molecular formula is C22H22N2O4. The van der Waals surface area contributed by atoms with Crippen molar-refractivity contribution in [2.45, 2.75) is 19.5 Å². The molecule has 28 heavy (non-hydrogen) atoms. The van der Waals surface area contributed by atoms with Gasteiger partial charge in [0.25, 0.3) is 5.91 Å². The van der Waals surface area contributed by atoms with Crippen LogP contribution < -0.4 is 10.6 Å². The second kappa shape index (κ2) is 9.41. The number of carbonyl (C=O) groups is 2.